The van der Waals surface area contributed by atoms with E-state index in [0.29, 0.717) is 17.9 Å². The van der Waals surface area contributed by atoms with Crippen molar-refractivity contribution in [1.29, 1.82) is 0 Å². The maximum atomic E-state index is 5.49. The van der Waals surface area contributed by atoms with Crippen LogP contribution in [-0.4, -0.2) is 25.8 Å². The molecular weight excluding hydrogens is 198 g/mol. The molecule has 0 aliphatic carbocycles. The van der Waals surface area contributed by atoms with Crippen molar-refractivity contribution in [2.24, 2.45) is 5.92 Å². The smallest absolute Gasteiger partial charge is 0.0510 e. The van der Waals surface area contributed by atoms with E-state index in [2.05, 4.69) is 30.3 Å². The molecule has 2 fully saturated rings. The third kappa shape index (κ3) is 1.87. The zero-order chi connectivity index (χ0) is 10.8. The standard InChI is InChI=1S/C14H18NO/c1-2-4-11(5-3-1)13-6-8-15-14(13)12-7-9-16-10-12/h1-5,12-14H,6-10H2/t12-,13+,14?/m0/s1. The minimum atomic E-state index is 0.505. The van der Waals surface area contributed by atoms with Crippen molar-refractivity contribution in [2.75, 3.05) is 19.8 Å². The molecule has 2 heteroatoms. The summed E-state index contributed by atoms with van der Waals surface area (Å²) in [6, 6.07) is 11.3. The molecule has 2 heterocycles. The summed E-state index contributed by atoms with van der Waals surface area (Å²) < 4.78 is 5.49. The molecule has 1 radical (unpaired) electrons. The number of benzene rings is 1. The SMILES string of the molecule is c1ccc([C@H]2CC[N]C2[C@H]2CCOC2)cc1. The van der Waals surface area contributed by atoms with Crippen molar-refractivity contribution in [1.82, 2.24) is 5.32 Å². The lowest BCUT2D eigenvalue weighted by Crippen LogP contribution is -2.30. The largest absolute Gasteiger partial charge is 0.381 e. The van der Waals surface area contributed by atoms with Crippen molar-refractivity contribution in [3.8, 4) is 0 Å². The fourth-order valence-corrected chi connectivity index (χ4v) is 3.02. The van der Waals surface area contributed by atoms with Crippen LogP contribution in [0.4, 0.5) is 0 Å². The average Bonchev–Trinajstić information content (AvgIpc) is 3.01. The number of nitrogens with zero attached hydrogens (tertiary/aromatic N) is 1. The molecule has 0 aromatic heterocycles. The summed E-state index contributed by atoms with van der Waals surface area (Å²) in [7, 11) is 0. The van der Waals surface area contributed by atoms with Gasteiger partial charge in [0.25, 0.3) is 0 Å². The van der Waals surface area contributed by atoms with Crippen LogP contribution in [0.15, 0.2) is 30.3 Å². The van der Waals surface area contributed by atoms with Crippen molar-refractivity contribution < 1.29 is 4.74 Å². The van der Waals surface area contributed by atoms with E-state index >= 15 is 0 Å². The Morgan fingerprint density at radius 1 is 1.12 bits per heavy atom. The molecule has 2 saturated heterocycles. The first-order chi connectivity index (χ1) is 7.95. The van der Waals surface area contributed by atoms with Gasteiger partial charge in [-0.1, -0.05) is 30.3 Å². The average molecular weight is 216 g/mol. The molecule has 3 rings (SSSR count). The Bertz CT molecular complexity index is 332. The molecule has 2 nitrogen and oxygen atoms in total. The second-order valence-corrected chi connectivity index (χ2v) is 4.83. The first kappa shape index (κ1) is 10.3. The second kappa shape index (κ2) is 4.56. The summed E-state index contributed by atoms with van der Waals surface area (Å²) in [4.78, 5) is 0. The van der Waals surface area contributed by atoms with Gasteiger partial charge in [-0.15, -0.1) is 0 Å². The molecule has 1 aromatic carbocycles. The number of hydrogen-bond acceptors (Lipinski definition) is 1. The summed E-state index contributed by atoms with van der Waals surface area (Å²) in [6.07, 6.45) is 2.41. The van der Waals surface area contributed by atoms with Crippen LogP contribution in [0.3, 0.4) is 0 Å². The summed E-state index contributed by atoms with van der Waals surface area (Å²) in [5, 5.41) is 4.80. The van der Waals surface area contributed by atoms with Gasteiger partial charge in [0.15, 0.2) is 0 Å². The predicted octanol–water partition coefficient (Wildman–Crippen LogP) is 2.18. The van der Waals surface area contributed by atoms with Crippen molar-refractivity contribution >= 4 is 0 Å². The van der Waals surface area contributed by atoms with Crippen LogP contribution in [0.2, 0.25) is 0 Å². The zero-order valence-electron chi connectivity index (χ0n) is 9.51. The number of hydrogen-bond donors (Lipinski definition) is 0. The maximum Gasteiger partial charge on any atom is 0.0510 e. The highest BCUT2D eigenvalue weighted by atomic mass is 16.5. The summed E-state index contributed by atoms with van der Waals surface area (Å²) in [5.74, 6) is 1.29. The molecule has 0 bridgehead atoms. The maximum absolute atomic E-state index is 5.49. The van der Waals surface area contributed by atoms with Gasteiger partial charge in [0.2, 0.25) is 0 Å². The van der Waals surface area contributed by atoms with Crippen molar-refractivity contribution in [3.05, 3.63) is 35.9 Å². The van der Waals surface area contributed by atoms with Gasteiger partial charge in [-0.05, 0) is 18.4 Å². The van der Waals surface area contributed by atoms with Gasteiger partial charge >= 0.3 is 0 Å². The van der Waals surface area contributed by atoms with E-state index in [1.165, 1.54) is 18.4 Å². The van der Waals surface area contributed by atoms with E-state index in [4.69, 9.17) is 10.1 Å². The first-order valence-corrected chi connectivity index (χ1v) is 6.24. The quantitative estimate of drug-likeness (QED) is 0.743. The molecule has 0 saturated carbocycles. The Balaban J connectivity index is 1.78. The Morgan fingerprint density at radius 2 is 2.00 bits per heavy atom. The molecule has 85 valence electrons. The Labute approximate surface area is 97.0 Å². The minimum Gasteiger partial charge on any atom is -0.381 e. The van der Waals surface area contributed by atoms with Gasteiger partial charge < -0.3 is 4.74 Å². The predicted molar refractivity (Wildman–Crippen MR) is 63.5 cm³/mol. The molecule has 0 spiro atoms. The number of rotatable bonds is 2. The van der Waals surface area contributed by atoms with Crippen LogP contribution < -0.4 is 5.32 Å². The second-order valence-electron chi connectivity index (χ2n) is 4.83. The lowest BCUT2D eigenvalue weighted by Gasteiger charge is -2.23. The molecule has 3 atom stereocenters. The van der Waals surface area contributed by atoms with E-state index in [0.717, 1.165) is 19.8 Å². The van der Waals surface area contributed by atoms with Crippen molar-refractivity contribution in [3.63, 3.8) is 0 Å². The third-order valence-corrected chi connectivity index (χ3v) is 3.87. The molecule has 1 unspecified atom stereocenters. The van der Waals surface area contributed by atoms with Crippen LogP contribution in [-0.2, 0) is 4.74 Å². The highest BCUT2D eigenvalue weighted by Crippen LogP contribution is 2.35. The zero-order valence-corrected chi connectivity index (χ0v) is 9.51. The molecule has 2 aliphatic heterocycles. The fourth-order valence-electron chi connectivity index (χ4n) is 3.02. The van der Waals surface area contributed by atoms with E-state index in [1.54, 1.807) is 0 Å². The lowest BCUT2D eigenvalue weighted by atomic mass is 9.84. The van der Waals surface area contributed by atoms with E-state index in [9.17, 15) is 0 Å². The highest BCUT2D eigenvalue weighted by Gasteiger charge is 2.36. The van der Waals surface area contributed by atoms with Gasteiger partial charge in [-0.25, -0.2) is 5.32 Å². The highest BCUT2D eigenvalue weighted by molar-refractivity contribution is 5.23. The molecule has 16 heavy (non-hydrogen) atoms. The van der Waals surface area contributed by atoms with Gasteiger partial charge in [0, 0.05) is 31.0 Å². The van der Waals surface area contributed by atoms with E-state index in [1.807, 2.05) is 0 Å². The Kier molecular flexibility index (Phi) is 2.94. The van der Waals surface area contributed by atoms with Crippen LogP contribution in [0.25, 0.3) is 0 Å². The Morgan fingerprint density at radius 3 is 2.75 bits per heavy atom. The summed E-state index contributed by atoms with van der Waals surface area (Å²) >= 11 is 0. The lowest BCUT2D eigenvalue weighted by molar-refractivity contribution is 0.176. The topological polar surface area (TPSA) is 23.3 Å². The van der Waals surface area contributed by atoms with E-state index in [-0.39, 0.29) is 0 Å². The summed E-state index contributed by atoms with van der Waals surface area (Å²) in [5.41, 5.74) is 1.46. The van der Waals surface area contributed by atoms with Crippen LogP contribution in [0.5, 0.6) is 0 Å². The third-order valence-electron chi connectivity index (χ3n) is 3.87. The van der Waals surface area contributed by atoms with Crippen LogP contribution in [0, 0.1) is 5.92 Å². The molecule has 2 aliphatic rings. The normalized spacial score (nSPS) is 34.4. The monoisotopic (exact) mass is 216 g/mol. The first-order valence-electron chi connectivity index (χ1n) is 6.24. The van der Waals surface area contributed by atoms with Gasteiger partial charge in [-0.3, -0.25) is 0 Å². The molecular formula is C14H18NO. The minimum absolute atomic E-state index is 0.505. The van der Waals surface area contributed by atoms with Gasteiger partial charge in [0.1, 0.15) is 0 Å². The van der Waals surface area contributed by atoms with Gasteiger partial charge in [0.05, 0.1) is 6.61 Å². The molecule has 0 amide bonds. The molecule has 0 N–H and O–H groups in total. The van der Waals surface area contributed by atoms with Crippen LogP contribution in [0.1, 0.15) is 24.3 Å². The van der Waals surface area contributed by atoms with E-state index < -0.39 is 0 Å². The number of ether oxygens (including phenoxy) is 1. The summed E-state index contributed by atoms with van der Waals surface area (Å²) in [6.45, 7) is 2.87. The molecule has 1 aromatic rings. The Hall–Kier alpha value is -0.860. The van der Waals surface area contributed by atoms with Crippen molar-refractivity contribution in [2.45, 2.75) is 24.8 Å². The fraction of sp³-hybridized carbons (Fsp3) is 0.571. The van der Waals surface area contributed by atoms with Crippen LogP contribution >= 0.6 is 0 Å². The van der Waals surface area contributed by atoms with Gasteiger partial charge in [-0.2, -0.15) is 0 Å².